The lowest BCUT2D eigenvalue weighted by Crippen LogP contribution is -2.44. The standard InChI is InChI=1S/C33H41N3O6/c1-7-41-30(38)21-28(25-15-11-8-12-16-25)35-22-29(37)36(23(2)3)27-18-17-24(20-26(27)31(35)39)14-10-9-13-19-34-32(40)42-33(4,5)6/h8,11-12,15-18,20,23,28H,7,9,13,19,21-22H2,1-6H3,(H,34,40). The second-order valence-electron chi connectivity index (χ2n) is 11.3. The van der Waals surface area contributed by atoms with Crippen molar-refractivity contribution in [2.75, 3.05) is 24.6 Å². The highest BCUT2D eigenvalue weighted by molar-refractivity contribution is 6.10. The number of nitrogens with one attached hydrogen (secondary N) is 1. The monoisotopic (exact) mass is 575 g/mol. The van der Waals surface area contributed by atoms with E-state index in [1.165, 1.54) is 4.90 Å². The van der Waals surface area contributed by atoms with Crippen LogP contribution in [0.5, 0.6) is 0 Å². The number of esters is 1. The summed E-state index contributed by atoms with van der Waals surface area (Å²) in [6.45, 7) is 11.4. The lowest BCUT2D eigenvalue weighted by molar-refractivity contribution is -0.144. The number of ether oxygens (including phenoxy) is 2. The van der Waals surface area contributed by atoms with Gasteiger partial charge in [-0.05, 0) is 71.7 Å². The number of hydrogen-bond donors (Lipinski definition) is 1. The van der Waals surface area contributed by atoms with Crippen LogP contribution in [0.4, 0.5) is 10.5 Å². The van der Waals surface area contributed by atoms with Crippen molar-refractivity contribution in [3.8, 4) is 11.8 Å². The highest BCUT2D eigenvalue weighted by atomic mass is 16.6. The first-order chi connectivity index (χ1) is 19.9. The number of anilines is 1. The fourth-order valence-corrected chi connectivity index (χ4v) is 4.70. The molecule has 9 heteroatoms. The maximum atomic E-state index is 14.1. The van der Waals surface area contributed by atoms with Crippen LogP contribution in [0.2, 0.25) is 0 Å². The quantitative estimate of drug-likeness (QED) is 0.249. The Bertz CT molecular complexity index is 1340. The molecule has 0 radical (unpaired) electrons. The summed E-state index contributed by atoms with van der Waals surface area (Å²) in [6.07, 6.45) is 0.612. The van der Waals surface area contributed by atoms with Gasteiger partial charge in [-0.2, -0.15) is 0 Å². The van der Waals surface area contributed by atoms with E-state index in [0.29, 0.717) is 36.2 Å². The number of nitrogens with zero attached hydrogens (tertiary/aromatic N) is 2. The van der Waals surface area contributed by atoms with E-state index in [2.05, 4.69) is 17.2 Å². The summed E-state index contributed by atoms with van der Waals surface area (Å²) in [5, 5.41) is 2.71. The van der Waals surface area contributed by atoms with Gasteiger partial charge in [0.05, 0.1) is 30.3 Å². The second-order valence-corrected chi connectivity index (χ2v) is 11.3. The molecule has 1 atom stereocenters. The van der Waals surface area contributed by atoms with Crippen molar-refractivity contribution in [3.63, 3.8) is 0 Å². The van der Waals surface area contributed by atoms with Crippen LogP contribution in [0.1, 0.15) is 88.3 Å². The summed E-state index contributed by atoms with van der Waals surface area (Å²) in [6, 6.07) is 13.6. The fraction of sp³-hybridized carbons (Fsp3) is 0.455. The Morgan fingerprint density at radius 3 is 2.43 bits per heavy atom. The molecule has 9 nitrogen and oxygen atoms in total. The summed E-state index contributed by atoms with van der Waals surface area (Å²) >= 11 is 0. The Morgan fingerprint density at radius 2 is 1.79 bits per heavy atom. The minimum Gasteiger partial charge on any atom is -0.466 e. The van der Waals surface area contributed by atoms with E-state index < -0.39 is 23.7 Å². The summed E-state index contributed by atoms with van der Waals surface area (Å²) in [4.78, 5) is 55.2. The molecule has 0 aromatic heterocycles. The Kier molecular flexibility index (Phi) is 11.1. The normalized spacial score (nSPS) is 14.0. The SMILES string of the molecule is CCOC(=O)CC(c1ccccc1)N1CC(=O)N(C(C)C)c2ccc(C#CCCCNC(=O)OC(C)(C)C)cc2C1=O. The zero-order chi connectivity index (χ0) is 30.9. The molecule has 2 aromatic carbocycles. The summed E-state index contributed by atoms with van der Waals surface area (Å²) in [5.41, 5.74) is 1.66. The van der Waals surface area contributed by atoms with E-state index in [0.717, 1.165) is 5.56 Å². The average Bonchev–Trinajstić information content (AvgIpc) is 3.02. The predicted octanol–water partition coefficient (Wildman–Crippen LogP) is 5.23. The van der Waals surface area contributed by atoms with E-state index in [4.69, 9.17) is 9.47 Å². The average molecular weight is 576 g/mol. The Morgan fingerprint density at radius 1 is 1.07 bits per heavy atom. The van der Waals surface area contributed by atoms with Crippen LogP contribution in [0, 0.1) is 11.8 Å². The minimum atomic E-state index is -0.686. The van der Waals surface area contributed by atoms with Crippen molar-refractivity contribution in [1.29, 1.82) is 0 Å². The van der Waals surface area contributed by atoms with Crippen molar-refractivity contribution in [3.05, 3.63) is 65.2 Å². The van der Waals surface area contributed by atoms with E-state index >= 15 is 0 Å². The molecule has 1 unspecified atom stereocenters. The number of unbranched alkanes of at least 4 members (excludes halogenated alkanes) is 1. The van der Waals surface area contributed by atoms with E-state index in [9.17, 15) is 19.2 Å². The first-order valence-electron chi connectivity index (χ1n) is 14.3. The first-order valence-corrected chi connectivity index (χ1v) is 14.3. The maximum Gasteiger partial charge on any atom is 0.407 e. The molecule has 224 valence electrons. The summed E-state index contributed by atoms with van der Waals surface area (Å²) < 4.78 is 10.4. The number of carbonyl (C=O) groups excluding carboxylic acids is 4. The van der Waals surface area contributed by atoms with Crippen LogP contribution in [-0.4, -0.2) is 60.1 Å². The molecule has 1 aliphatic heterocycles. The van der Waals surface area contributed by atoms with Gasteiger partial charge >= 0.3 is 12.1 Å². The Hall–Kier alpha value is -4.32. The third-order valence-corrected chi connectivity index (χ3v) is 6.44. The molecule has 3 amide bonds. The van der Waals surface area contributed by atoms with Gasteiger partial charge in [0.1, 0.15) is 12.1 Å². The van der Waals surface area contributed by atoms with Gasteiger partial charge in [-0.25, -0.2) is 4.79 Å². The number of hydrogen-bond acceptors (Lipinski definition) is 6. The Balaban J connectivity index is 1.87. The summed E-state index contributed by atoms with van der Waals surface area (Å²) in [5.74, 6) is 5.15. The zero-order valence-corrected chi connectivity index (χ0v) is 25.4. The Labute approximate surface area is 248 Å². The predicted molar refractivity (Wildman–Crippen MR) is 161 cm³/mol. The molecule has 1 aliphatic rings. The lowest BCUT2D eigenvalue weighted by atomic mass is 10.00. The smallest absolute Gasteiger partial charge is 0.407 e. The molecule has 0 spiro atoms. The molecule has 0 saturated carbocycles. The summed E-state index contributed by atoms with van der Waals surface area (Å²) in [7, 11) is 0. The van der Waals surface area contributed by atoms with Crippen LogP contribution in [0.15, 0.2) is 48.5 Å². The van der Waals surface area contributed by atoms with Gasteiger partial charge in [-0.3, -0.25) is 14.4 Å². The zero-order valence-electron chi connectivity index (χ0n) is 25.4. The number of carbonyl (C=O) groups is 4. The van der Waals surface area contributed by atoms with Crippen LogP contribution in [-0.2, 0) is 19.1 Å². The number of alkyl carbamates (subject to hydrolysis) is 1. The van der Waals surface area contributed by atoms with Crippen molar-refractivity contribution in [1.82, 2.24) is 10.2 Å². The van der Waals surface area contributed by atoms with Crippen molar-refractivity contribution in [2.24, 2.45) is 0 Å². The van der Waals surface area contributed by atoms with E-state index in [1.807, 2.05) is 44.2 Å². The second kappa shape index (κ2) is 14.5. The highest BCUT2D eigenvalue weighted by Crippen LogP contribution is 2.34. The van der Waals surface area contributed by atoms with Gasteiger partial charge in [0.2, 0.25) is 5.91 Å². The molecule has 0 saturated heterocycles. The largest absolute Gasteiger partial charge is 0.466 e. The molecule has 1 N–H and O–H groups in total. The van der Waals surface area contributed by atoms with E-state index in [1.54, 1.807) is 50.8 Å². The maximum absolute atomic E-state index is 14.1. The van der Waals surface area contributed by atoms with Crippen molar-refractivity contribution < 1.29 is 28.7 Å². The van der Waals surface area contributed by atoms with Gasteiger partial charge in [-0.15, -0.1) is 0 Å². The van der Waals surface area contributed by atoms with E-state index in [-0.39, 0.29) is 37.4 Å². The van der Waals surface area contributed by atoms with Gasteiger partial charge in [0.25, 0.3) is 5.91 Å². The third kappa shape index (κ3) is 8.84. The van der Waals surface area contributed by atoms with Crippen molar-refractivity contribution in [2.45, 2.75) is 78.5 Å². The molecular formula is C33H41N3O6. The number of benzene rings is 2. The molecule has 0 bridgehead atoms. The molecule has 2 aromatic rings. The van der Waals surface area contributed by atoms with Crippen LogP contribution < -0.4 is 10.2 Å². The number of amides is 3. The minimum absolute atomic E-state index is 0.0787. The molecule has 0 aliphatic carbocycles. The first kappa shape index (κ1) is 32.2. The van der Waals surface area contributed by atoms with Gasteiger partial charge in [0, 0.05) is 24.6 Å². The molecule has 42 heavy (non-hydrogen) atoms. The van der Waals surface area contributed by atoms with Crippen LogP contribution >= 0.6 is 0 Å². The fourth-order valence-electron chi connectivity index (χ4n) is 4.70. The molecular weight excluding hydrogens is 534 g/mol. The van der Waals surface area contributed by atoms with Gasteiger partial charge in [0.15, 0.2) is 0 Å². The lowest BCUT2D eigenvalue weighted by Gasteiger charge is -2.31. The molecule has 1 heterocycles. The molecule has 0 fully saturated rings. The van der Waals surface area contributed by atoms with Gasteiger partial charge in [-0.1, -0.05) is 42.2 Å². The van der Waals surface area contributed by atoms with Crippen LogP contribution in [0.3, 0.4) is 0 Å². The number of fused-ring (bicyclic) bond motifs is 1. The highest BCUT2D eigenvalue weighted by Gasteiger charge is 2.37. The van der Waals surface area contributed by atoms with Gasteiger partial charge < -0.3 is 24.6 Å². The number of rotatable bonds is 9. The van der Waals surface area contributed by atoms with Crippen LogP contribution in [0.25, 0.3) is 0 Å². The third-order valence-electron chi connectivity index (χ3n) is 6.44. The van der Waals surface area contributed by atoms with Crippen molar-refractivity contribution >= 4 is 29.6 Å². The molecule has 3 rings (SSSR count). The topological polar surface area (TPSA) is 105 Å².